The first-order chi connectivity index (χ1) is 14.5. The van der Waals surface area contributed by atoms with Gasteiger partial charge in [-0.1, -0.05) is 24.3 Å². The van der Waals surface area contributed by atoms with E-state index in [0.717, 1.165) is 40.7 Å². The van der Waals surface area contributed by atoms with Crippen LogP contribution in [0.4, 0.5) is 0 Å². The number of benzene rings is 2. The largest absolute Gasteiger partial charge is 0.493 e. The van der Waals surface area contributed by atoms with E-state index in [1.54, 1.807) is 7.11 Å². The number of nitrogens with one attached hydrogen (secondary N) is 1. The van der Waals surface area contributed by atoms with Crippen LogP contribution in [0.2, 0.25) is 0 Å². The Kier molecular flexibility index (Phi) is 7.29. The average Bonchev–Trinajstić information content (AvgIpc) is 3.04. The van der Waals surface area contributed by atoms with E-state index < -0.39 is 0 Å². The Bertz CT molecular complexity index is 1060. The lowest BCUT2D eigenvalue weighted by Crippen LogP contribution is -3.07. The molecule has 7 heteroatoms. The molecule has 0 bridgehead atoms. The molecule has 0 spiro atoms. The molecule has 0 saturated carbocycles. The lowest BCUT2D eigenvalue weighted by molar-refractivity contribution is -0.917. The van der Waals surface area contributed by atoms with Crippen molar-refractivity contribution in [3.05, 3.63) is 58.4 Å². The second-order valence-electron chi connectivity index (χ2n) is 7.38. The Morgan fingerprint density at radius 2 is 1.87 bits per heavy atom. The minimum absolute atomic E-state index is 0.614. The van der Waals surface area contributed by atoms with Crippen LogP contribution in [0.15, 0.2) is 42.5 Å². The van der Waals surface area contributed by atoms with Gasteiger partial charge in [0.05, 0.1) is 20.8 Å². The van der Waals surface area contributed by atoms with Crippen molar-refractivity contribution in [3.63, 3.8) is 0 Å². The van der Waals surface area contributed by atoms with Gasteiger partial charge in [0, 0.05) is 17.7 Å². The zero-order valence-corrected chi connectivity index (χ0v) is 19.3. The second kappa shape index (κ2) is 9.91. The summed E-state index contributed by atoms with van der Waals surface area (Å²) in [5, 5.41) is 4.88. The first kappa shape index (κ1) is 22.1. The van der Waals surface area contributed by atoms with E-state index in [9.17, 15) is 0 Å². The maximum atomic E-state index is 5.74. The van der Waals surface area contributed by atoms with E-state index in [2.05, 4.69) is 43.7 Å². The van der Waals surface area contributed by atoms with Crippen molar-refractivity contribution < 1.29 is 14.4 Å². The van der Waals surface area contributed by atoms with Gasteiger partial charge < -0.3 is 18.9 Å². The van der Waals surface area contributed by atoms with E-state index in [1.807, 2.05) is 35.9 Å². The number of hydrogen-bond acceptors (Lipinski definition) is 4. The molecule has 160 valence electrons. The maximum absolute atomic E-state index is 5.74. The highest BCUT2D eigenvalue weighted by Gasteiger charge is 2.16. The van der Waals surface area contributed by atoms with Crippen molar-refractivity contribution in [2.24, 2.45) is 0 Å². The summed E-state index contributed by atoms with van der Waals surface area (Å²) in [6.45, 7) is 9.08. The molecule has 0 aliphatic rings. The molecule has 30 heavy (non-hydrogen) atoms. The normalized spacial score (nSPS) is 12.0. The Morgan fingerprint density at radius 3 is 2.53 bits per heavy atom. The first-order valence-corrected chi connectivity index (χ1v) is 10.7. The van der Waals surface area contributed by atoms with Crippen molar-refractivity contribution in [1.29, 1.82) is 0 Å². The van der Waals surface area contributed by atoms with Gasteiger partial charge >= 0.3 is 0 Å². The van der Waals surface area contributed by atoms with Crippen molar-refractivity contribution in [2.75, 3.05) is 20.8 Å². The van der Waals surface area contributed by atoms with Crippen LogP contribution in [0.5, 0.6) is 11.5 Å². The van der Waals surface area contributed by atoms with E-state index in [-0.39, 0.29) is 0 Å². The molecule has 6 nitrogen and oxygen atoms in total. The number of rotatable bonds is 9. The second-order valence-corrected chi connectivity index (χ2v) is 7.74. The zero-order chi connectivity index (χ0) is 21.7. The molecule has 1 heterocycles. The topological polar surface area (TPSA) is 45.7 Å². The molecule has 0 fully saturated rings. The Labute approximate surface area is 183 Å². The van der Waals surface area contributed by atoms with Gasteiger partial charge in [0.2, 0.25) is 4.77 Å². The van der Waals surface area contributed by atoms with Crippen LogP contribution in [0, 0.1) is 11.7 Å². The Hall–Kier alpha value is -2.64. The van der Waals surface area contributed by atoms with Gasteiger partial charge in [0.15, 0.2) is 24.0 Å². The van der Waals surface area contributed by atoms with E-state index in [1.165, 1.54) is 16.0 Å². The van der Waals surface area contributed by atoms with Gasteiger partial charge in [-0.05, 0) is 56.8 Å². The number of hydrogen-bond donors (Lipinski definition) is 1. The average molecular weight is 428 g/mol. The molecule has 0 aliphatic heterocycles. The fraction of sp³-hybridized carbons (Fsp3) is 0.391. The fourth-order valence-corrected chi connectivity index (χ4v) is 3.93. The monoisotopic (exact) mass is 427 g/mol. The van der Waals surface area contributed by atoms with Crippen LogP contribution in [0.25, 0.3) is 11.4 Å². The number of methoxy groups -OCH3 is 1. The lowest BCUT2D eigenvalue weighted by atomic mass is 10.1. The summed E-state index contributed by atoms with van der Waals surface area (Å²) in [5.74, 6) is 2.46. The summed E-state index contributed by atoms with van der Waals surface area (Å²) in [5.41, 5.74) is 3.49. The highest BCUT2D eigenvalue weighted by Crippen LogP contribution is 2.27. The third-order valence-corrected chi connectivity index (χ3v) is 5.51. The molecule has 3 rings (SSSR count). The highest BCUT2D eigenvalue weighted by atomic mass is 32.1. The van der Waals surface area contributed by atoms with Crippen LogP contribution in [-0.4, -0.2) is 35.1 Å². The van der Waals surface area contributed by atoms with Crippen LogP contribution in [0.1, 0.15) is 25.0 Å². The number of aryl methyl sites for hydroxylation is 1. The van der Waals surface area contributed by atoms with E-state index in [0.29, 0.717) is 13.3 Å². The van der Waals surface area contributed by atoms with Gasteiger partial charge in [-0.2, -0.15) is 4.68 Å². The lowest BCUT2D eigenvalue weighted by Gasteiger charge is -2.15. The molecular formula is C23H31N4O2S+. The summed E-state index contributed by atoms with van der Waals surface area (Å²) in [6, 6.07) is 14.4. The number of nitrogens with zero attached hydrogens (tertiary/aromatic N) is 3. The Balaban J connectivity index is 1.81. The fourth-order valence-electron chi connectivity index (χ4n) is 3.61. The van der Waals surface area contributed by atoms with Gasteiger partial charge in [0.1, 0.15) is 6.54 Å². The van der Waals surface area contributed by atoms with E-state index >= 15 is 0 Å². The molecule has 1 aromatic heterocycles. The molecule has 1 N–H and O–H groups in total. The van der Waals surface area contributed by atoms with Gasteiger partial charge in [-0.3, -0.25) is 0 Å². The summed E-state index contributed by atoms with van der Waals surface area (Å²) in [4.78, 5) is 1.27. The smallest absolute Gasteiger partial charge is 0.203 e. The van der Waals surface area contributed by atoms with Crippen molar-refractivity contribution in [1.82, 2.24) is 14.3 Å². The molecule has 0 amide bonds. The minimum Gasteiger partial charge on any atom is -0.493 e. The molecule has 1 atom stereocenters. The number of ether oxygens (including phenoxy) is 2. The third-order valence-electron chi connectivity index (χ3n) is 5.08. The SMILES string of the molecule is CCOc1ccc(C[NH+](C)Cn2nc(-c3ccccc3C)n(CC)c2=S)cc1OC. The maximum Gasteiger partial charge on any atom is 0.203 e. The van der Waals surface area contributed by atoms with Crippen molar-refractivity contribution >= 4 is 12.2 Å². The molecule has 1 unspecified atom stereocenters. The predicted octanol–water partition coefficient (Wildman–Crippen LogP) is 3.49. The van der Waals surface area contributed by atoms with Crippen molar-refractivity contribution in [3.8, 4) is 22.9 Å². The summed E-state index contributed by atoms with van der Waals surface area (Å²) >= 11 is 5.74. The predicted molar refractivity (Wildman–Crippen MR) is 122 cm³/mol. The summed E-state index contributed by atoms with van der Waals surface area (Å²) < 4.78 is 15.9. The van der Waals surface area contributed by atoms with E-state index in [4.69, 9.17) is 26.8 Å². The number of aromatic nitrogens is 3. The molecule has 0 saturated heterocycles. The van der Waals surface area contributed by atoms with Crippen LogP contribution < -0.4 is 14.4 Å². The zero-order valence-electron chi connectivity index (χ0n) is 18.4. The molecule has 0 radical (unpaired) electrons. The minimum atomic E-state index is 0.614. The van der Waals surface area contributed by atoms with Crippen LogP contribution in [-0.2, 0) is 19.8 Å². The van der Waals surface area contributed by atoms with Gasteiger partial charge in [0.25, 0.3) is 0 Å². The first-order valence-electron chi connectivity index (χ1n) is 10.3. The molecule has 3 aromatic rings. The molecule has 2 aromatic carbocycles. The van der Waals surface area contributed by atoms with Crippen molar-refractivity contribution in [2.45, 2.75) is 40.5 Å². The standard InChI is InChI=1S/C23H30N4O2S/c1-6-26-22(19-11-9-8-10-17(19)3)24-27(23(26)30)16-25(4)15-18-12-13-20(29-7-2)21(14-18)28-5/h8-14H,6-7,15-16H2,1-5H3/p+1. The quantitative estimate of drug-likeness (QED) is 0.531. The Morgan fingerprint density at radius 1 is 1.10 bits per heavy atom. The molecular weight excluding hydrogens is 396 g/mol. The summed E-state index contributed by atoms with van der Waals surface area (Å²) in [7, 11) is 3.81. The molecule has 0 aliphatic carbocycles. The van der Waals surface area contributed by atoms with Gasteiger partial charge in [-0.15, -0.1) is 5.10 Å². The highest BCUT2D eigenvalue weighted by molar-refractivity contribution is 7.71. The number of quaternary nitrogens is 1. The third kappa shape index (κ3) is 4.74. The van der Waals surface area contributed by atoms with Gasteiger partial charge in [-0.25, -0.2) is 0 Å². The van der Waals surface area contributed by atoms with Crippen LogP contribution in [0.3, 0.4) is 0 Å². The summed E-state index contributed by atoms with van der Waals surface area (Å²) in [6.07, 6.45) is 0. The van der Waals surface area contributed by atoms with Crippen LogP contribution >= 0.6 is 12.2 Å².